The Kier molecular flexibility index (Phi) is 9.10. The Labute approximate surface area is 243 Å². The van der Waals surface area contributed by atoms with Crippen LogP contribution in [0.1, 0.15) is 10.4 Å². The van der Waals surface area contributed by atoms with Gasteiger partial charge in [-0.25, -0.2) is 0 Å². The van der Waals surface area contributed by atoms with Gasteiger partial charge < -0.3 is 30.0 Å². The Morgan fingerprint density at radius 1 is 1.12 bits per heavy atom. The van der Waals surface area contributed by atoms with Crippen molar-refractivity contribution in [3.05, 3.63) is 69.4 Å². The van der Waals surface area contributed by atoms with Crippen molar-refractivity contribution in [2.24, 2.45) is 0 Å². The molecular formula is C27H32ClN7O5Si. The maximum Gasteiger partial charge on any atom is 0.271 e. The van der Waals surface area contributed by atoms with Gasteiger partial charge in [0.25, 0.3) is 11.6 Å². The highest BCUT2D eigenvalue weighted by Crippen LogP contribution is 2.36. The van der Waals surface area contributed by atoms with E-state index in [1.165, 1.54) is 25.3 Å². The van der Waals surface area contributed by atoms with Crippen LogP contribution in [0.2, 0.25) is 30.7 Å². The highest BCUT2D eigenvalue weighted by molar-refractivity contribution is 6.76. The molecule has 216 valence electrons. The Balaban J connectivity index is 1.80. The summed E-state index contributed by atoms with van der Waals surface area (Å²) in [4.78, 5) is 32.8. The van der Waals surface area contributed by atoms with E-state index in [9.17, 15) is 14.9 Å². The summed E-state index contributed by atoms with van der Waals surface area (Å²) in [7, 11) is 1.72. The molecule has 0 bridgehead atoms. The molecule has 0 aliphatic carbocycles. The quantitative estimate of drug-likeness (QED) is 0.0756. The number of fused-ring (bicyclic) bond motifs is 1. The summed E-state index contributed by atoms with van der Waals surface area (Å²) in [5.74, 6) is 0.526. The zero-order valence-electron chi connectivity index (χ0n) is 23.4. The van der Waals surface area contributed by atoms with Crippen molar-refractivity contribution >= 4 is 65.4 Å². The molecule has 0 fully saturated rings. The monoisotopic (exact) mass is 597 g/mol. The molecule has 0 unspecified atom stereocenters. The number of nitrogens with one attached hydrogen (secondary N) is 3. The number of rotatable bonds is 12. The predicted octanol–water partition coefficient (Wildman–Crippen LogP) is 6.16. The molecule has 0 saturated carbocycles. The first-order valence-corrected chi connectivity index (χ1v) is 16.9. The van der Waals surface area contributed by atoms with Gasteiger partial charge in [-0.3, -0.25) is 14.9 Å². The second kappa shape index (κ2) is 12.5. The van der Waals surface area contributed by atoms with Gasteiger partial charge in [0.15, 0.2) is 5.65 Å². The number of carbonyl (C=O) groups excluding carboxylic acids is 1. The van der Waals surface area contributed by atoms with Gasteiger partial charge in [-0.1, -0.05) is 43.4 Å². The number of hydrogen-bond donors (Lipinski definition) is 3. The van der Waals surface area contributed by atoms with E-state index in [0.717, 1.165) is 6.04 Å². The van der Waals surface area contributed by atoms with E-state index in [0.29, 0.717) is 51.2 Å². The second-order valence-electron chi connectivity index (χ2n) is 10.4. The lowest BCUT2D eigenvalue weighted by Crippen LogP contribution is -2.22. The number of nitro benzene ring substituents is 1. The number of anilines is 4. The van der Waals surface area contributed by atoms with Crippen LogP contribution in [0.25, 0.3) is 11.0 Å². The van der Waals surface area contributed by atoms with Gasteiger partial charge >= 0.3 is 0 Å². The molecule has 0 radical (unpaired) electrons. The smallest absolute Gasteiger partial charge is 0.271 e. The van der Waals surface area contributed by atoms with Crippen LogP contribution in [0.15, 0.2) is 48.7 Å². The highest BCUT2D eigenvalue weighted by Gasteiger charge is 2.21. The summed E-state index contributed by atoms with van der Waals surface area (Å²) < 4.78 is 13.1. The van der Waals surface area contributed by atoms with E-state index in [1.54, 1.807) is 42.1 Å². The van der Waals surface area contributed by atoms with Crippen LogP contribution in [0.5, 0.6) is 5.75 Å². The summed E-state index contributed by atoms with van der Waals surface area (Å²) in [5.41, 5.74) is 1.54. The van der Waals surface area contributed by atoms with Crippen LogP contribution < -0.4 is 20.7 Å². The van der Waals surface area contributed by atoms with Crippen LogP contribution in [0.4, 0.5) is 28.8 Å². The van der Waals surface area contributed by atoms with E-state index < -0.39 is 13.0 Å². The van der Waals surface area contributed by atoms with E-state index >= 15 is 0 Å². The summed E-state index contributed by atoms with van der Waals surface area (Å²) >= 11 is 6.70. The number of nitrogens with zero attached hydrogens (tertiary/aromatic N) is 4. The second-order valence-corrected chi connectivity index (χ2v) is 16.4. The SMILES string of the molecule is CNC(=O)c1ccccc1Nc1nc(Nc2cc([N+](=O)[O-])ccc2OC)nc2c1c(Cl)cn2COCC[Si](C)(C)C. The summed E-state index contributed by atoms with van der Waals surface area (Å²) in [6.07, 6.45) is 1.71. The molecule has 12 nitrogen and oxygen atoms in total. The number of halogens is 1. The lowest BCUT2D eigenvalue weighted by atomic mass is 10.1. The predicted molar refractivity (Wildman–Crippen MR) is 163 cm³/mol. The summed E-state index contributed by atoms with van der Waals surface area (Å²) in [6, 6.07) is 12.2. The zero-order valence-corrected chi connectivity index (χ0v) is 25.2. The number of methoxy groups -OCH3 is 1. The van der Waals surface area contributed by atoms with Gasteiger partial charge in [-0.15, -0.1) is 0 Å². The van der Waals surface area contributed by atoms with Gasteiger partial charge in [-0.2, -0.15) is 9.97 Å². The summed E-state index contributed by atoms with van der Waals surface area (Å²) in [5, 5.41) is 21.2. The molecule has 41 heavy (non-hydrogen) atoms. The zero-order chi connectivity index (χ0) is 29.7. The van der Waals surface area contributed by atoms with Crippen LogP contribution in [0.3, 0.4) is 0 Å². The molecule has 2 heterocycles. The number of amides is 1. The number of non-ortho nitro benzene ring substituents is 1. The molecule has 0 saturated heterocycles. The normalized spacial score (nSPS) is 11.4. The standard InChI is InChI=1S/C27H32ClN7O5Si/c1-29-26(36)18-8-6-7-9-20(18)30-24-23-19(28)15-34(16-40-12-13-41(3,4)5)25(23)33-27(32-24)31-21-14-17(35(37)38)10-11-22(21)39-2/h6-11,14-15H,12-13,16H2,1-5H3,(H,29,36)(H2,30,31,32,33). The fraction of sp³-hybridized carbons (Fsp3) is 0.296. The minimum absolute atomic E-state index is 0.120. The molecular weight excluding hydrogens is 566 g/mol. The van der Waals surface area contributed by atoms with Gasteiger partial charge in [0.2, 0.25) is 5.95 Å². The van der Waals surface area contributed by atoms with Crippen LogP contribution in [-0.4, -0.2) is 54.2 Å². The fourth-order valence-electron chi connectivity index (χ4n) is 4.01. The lowest BCUT2D eigenvalue weighted by Gasteiger charge is -2.16. The maximum atomic E-state index is 12.5. The Morgan fingerprint density at radius 2 is 1.88 bits per heavy atom. The van der Waals surface area contributed by atoms with Gasteiger partial charge in [0.05, 0.1) is 39.4 Å². The minimum Gasteiger partial charge on any atom is -0.495 e. The van der Waals surface area contributed by atoms with Crippen molar-refractivity contribution in [2.75, 3.05) is 31.4 Å². The average molecular weight is 598 g/mol. The number of nitro groups is 1. The van der Waals surface area contributed by atoms with Crippen molar-refractivity contribution in [2.45, 2.75) is 32.4 Å². The number of para-hydroxylation sites is 1. The van der Waals surface area contributed by atoms with Crippen molar-refractivity contribution < 1.29 is 19.2 Å². The Hall–Kier alpha value is -4.20. The molecule has 14 heteroatoms. The molecule has 0 spiro atoms. The Morgan fingerprint density at radius 3 is 2.56 bits per heavy atom. The van der Waals surface area contributed by atoms with E-state index in [4.69, 9.17) is 21.1 Å². The highest BCUT2D eigenvalue weighted by atomic mass is 35.5. The lowest BCUT2D eigenvalue weighted by molar-refractivity contribution is -0.384. The maximum absolute atomic E-state index is 12.5. The first-order valence-electron chi connectivity index (χ1n) is 12.8. The van der Waals surface area contributed by atoms with Crippen molar-refractivity contribution in [3.8, 4) is 5.75 Å². The molecule has 0 aliphatic rings. The molecule has 2 aromatic heterocycles. The van der Waals surface area contributed by atoms with Gasteiger partial charge in [0.1, 0.15) is 18.3 Å². The summed E-state index contributed by atoms with van der Waals surface area (Å²) in [6.45, 7) is 7.64. The first kappa shape index (κ1) is 29.8. The molecule has 0 atom stereocenters. The third-order valence-corrected chi connectivity index (χ3v) is 8.18. The molecule has 4 aromatic rings. The number of ether oxygens (including phenoxy) is 2. The third-order valence-electron chi connectivity index (χ3n) is 6.19. The van der Waals surface area contributed by atoms with Crippen LogP contribution in [-0.2, 0) is 11.5 Å². The first-order chi connectivity index (χ1) is 19.5. The average Bonchev–Trinajstić information content (AvgIpc) is 3.25. The van der Waals surface area contributed by atoms with Crippen molar-refractivity contribution in [3.63, 3.8) is 0 Å². The number of hydrogen-bond acceptors (Lipinski definition) is 9. The number of benzene rings is 2. The van der Waals surface area contributed by atoms with E-state index in [-0.39, 0.29) is 24.3 Å². The number of aromatic nitrogens is 3. The minimum atomic E-state index is -1.29. The van der Waals surface area contributed by atoms with Crippen molar-refractivity contribution in [1.82, 2.24) is 19.9 Å². The Bertz CT molecular complexity index is 1590. The molecule has 2 aromatic carbocycles. The molecule has 3 N–H and O–H groups in total. The molecule has 1 amide bonds. The fourth-order valence-corrected chi connectivity index (χ4v) is 5.05. The molecule has 0 aliphatic heterocycles. The van der Waals surface area contributed by atoms with E-state index in [1.807, 2.05) is 0 Å². The third kappa shape index (κ3) is 7.12. The van der Waals surface area contributed by atoms with Crippen LogP contribution >= 0.6 is 11.6 Å². The number of carbonyl (C=O) groups is 1. The van der Waals surface area contributed by atoms with Crippen LogP contribution in [0, 0.1) is 10.1 Å². The van der Waals surface area contributed by atoms with E-state index in [2.05, 4.69) is 45.6 Å². The van der Waals surface area contributed by atoms with Gasteiger partial charge in [-0.05, 0) is 24.2 Å². The topological polar surface area (TPSA) is 145 Å². The van der Waals surface area contributed by atoms with Crippen molar-refractivity contribution in [1.29, 1.82) is 0 Å². The van der Waals surface area contributed by atoms with Gasteiger partial charge in [0, 0.05) is 40.1 Å². The molecule has 4 rings (SSSR count). The largest absolute Gasteiger partial charge is 0.495 e.